The number of halogens is 1. The Hall–Kier alpha value is -1.05. The Morgan fingerprint density at radius 2 is 1.82 bits per heavy atom. The van der Waals surface area contributed by atoms with Crippen LogP contribution in [0.15, 0.2) is 36.4 Å². The van der Waals surface area contributed by atoms with Crippen LogP contribution in [0.4, 0.5) is 0 Å². The fourth-order valence-electron chi connectivity index (χ4n) is 2.15. The van der Waals surface area contributed by atoms with E-state index in [0.717, 1.165) is 10.2 Å². The van der Waals surface area contributed by atoms with Crippen LogP contribution in [0.25, 0.3) is 11.1 Å². The lowest BCUT2D eigenvalue weighted by atomic mass is 9.97. The van der Waals surface area contributed by atoms with Gasteiger partial charge in [0, 0.05) is 16.1 Å². The van der Waals surface area contributed by atoms with Crippen molar-refractivity contribution in [3.05, 3.63) is 53.1 Å². The Labute approximate surface area is 111 Å². The first kappa shape index (κ1) is 12.4. The van der Waals surface area contributed by atoms with Gasteiger partial charge in [-0.05, 0) is 41.7 Å². The lowest BCUT2D eigenvalue weighted by Gasteiger charge is -2.12. The van der Waals surface area contributed by atoms with Gasteiger partial charge in [-0.25, -0.2) is 0 Å². The molecule has 0 aliphatic heterocycles. The smallest absolute Gasteiger partial charge is 0.0480 e. The van der Waals surface area contributed by atoms with Crippen LogP contribution < -0.4 is 5.19 Å². The zero-order valence-electron chi connectivity index (χ0n) is 10.5. The van der Waals surface area contributed by atoms with Crippen LogP contribution in [0.3, 0.4) is 0 Å². The van der Waals surface area contributed by atoms with Crippen molar-refractivity contribution in [2.75, 3.05) is 0 Å². The summed E-state index contributed by atoms with van der Waals surface area (Å²) < 4.78 is 0. The van der Waals surface area contributed by atoms with E-state index in [1.165, 1.54) is 33.0 Å². The molecular weight excluding hydrogens is 244 g/mol. The molecule has 0 unspecified atom stereocenters. The molecule has 0 radical (unpaired) electrons. The highest BCUT2D eigenvalue weighted by molar-refractivity contribution is 6.36. The summed E-state index contributed by atoms with van der Waals surface area (Å²) >= 11 is 6.04. The first-order valence-corrected chi connectivity index (χ1v) is 7.39. The minimum Gasteiger partial charge on any atom is -0.122 e. The van der Waals surface area contributed by atoms with Crippen LogP contribution in [0, 0.1) is 13.8 Å². The fraction of sp³-hybridized carbons (Fsp3) is 0.200. The molecule has 2 heteroatoms. The highest BCUT2D eigenvalue weighted by atomic mass is 35.5. The molecule has 2 aromatic rings. The molecule has 0 amide bonds. The summed E-state index contributed by atoms with van der Waals surface area (Å²) in [5.74, 6) is 0.582. The van der Waals surface area contributed by atoms with Crippen molar-refractivity contribution in [3.8, 4) is 11.1 Å². The third kappa shape index (κ3) is 2.45. The molecule has 0 bridgehead atoms. The second-order valence-corrected chi connectivity index (χ2v) is 5.89. The van der Waals surface area contributed by atoms with Gasteiger partial charge in [0.15, 0.2) is 0 Å². The van der Waals surface area contributed by atoms with Crippen LogP contribution in [0.2, 0.25) is 0 Å². The van der Waals surface area contributed by atoms with Crippen LogP contribution in [0.5, 0.6) is 0 Å². The van der Waals surface area contributed by atoms with E-state index in [1.807, 2.05) is 0 Å². The van der Waals surface area contributed by atoms with Gasteiger partial charge in [0.05, 0.1) is 0 Å². The molecule has 0 aliphatic carbocycles. The van der Waals surface area contributed by atoms with Gasteiger partial charge in [-0.3, -0.25) is 0 Å². The lowest BCUT2D eigenvalue weighted by molar-refractivity contribution is 1.33. The van der Waals surface area contributed by atoms with Crippen molar-refractivity contribution in [3.63, 3.8) is 0 Å². The summed E-state index contributed by atoms with van der Waals surface area (Å²) in [6, 6.07) is 13.1. The minimum absolute atomic E-state index is 0.582. The zero-order chi connectivity index (χ0) is 12.4. The average molecular weight is 261 g/mol. The van der Waals surface area contributed by atoms with E-state index >= 15 is 0 Å². The summed E-state index contributed by atoms with van der Waals surface area (Å²) in [5.41, 5.74) is 6.56. The van der Waals surface area contributed by atoms with Crippen molar-refractivity contribution < 1.29 is 0 Å². The monoisotopic (exact) mass is 260 g/mol. The molecule has 2 aromatic carbocycles. The van der Waals surface area contributed by atoms with Crippen molar-refractivity contribution in [1.29, 1.82) is 0 Å². The zero-order valence-corrected chi connectivity index (χ0v) is 13.3. The van der Waals surface area contributed by atoms with Crippen LogP contribution in [0.1, 0.15) is 16.7 Å². The molecule has 0 spiro atoms. The predicted molar refractivity (Wildman–Crippen MR) is 80.5 cm³/mol. The molecule has 0 heterocycles. The molecule has 88 valence electrons. The average Bonchev–Trinajstić information content (AvgIpc) is 2.32. The number of rotatable bonds is 2. The third-order valence-electron chi connectivity index (χ3n) is 3.30. The van der Waals surface area contributed by atoms with Gasteiger partial charge in [-0.2, -0.15) is 0 Å². The van der Waals surface area contributed by atoms with E-state index in [0.29, 0.717) is 5.88 Å². The maximum atomic E-state index is 6.04. The lowest BCUT2D eigenvalue weighted by Crippen LogP contribution is -2.09. The van der Waals surface area contributed by atoms with Gasteiger partial charge in [0.25, 0.3) is 0 Å². The maximum absolute atomic E-state index is 6.04. The van der Waals surface area contributed by atoms with Gasteiger partial charge in [-0.15, -0.1) is 11.6 Å². The van der Waals surface area contributed by atoms with Crippen molar-refractivity contribution in [2.45, 2.75) is 19.7 Å². The SMILES string of the molecule is Cc1ccc(-c2c([SiH3])cccc2CCl)cc1C. The molecule has 0 nitrogen and oxygen atoms in total. The Balaban J connectivity index is 2.63. The summed E-state index contributed by atoms with van der Waals surface area (Å²) in [5, 5.41) is 1.42. The van der Waals surface area contributed by atoms with E-state index < -0.39 is 0 Å². The normalized spacial score (nSPS) is 10.8. The fourth-order valence-corrected chi connectivity index (χ4v) is 3.17. The molecule has 0 N–H and O–H groups in total. The molecule has 0 atom stereocenters. The first-order valence-electron chi connectivity index (χ1n) is 5.85. The summed E-state index contributed by atoms with van der Waals surface area (Å²) in [6.07, 6.45) is 0. The van der Waals surface area contributed by atoms with Crippen LogP contribution >= 0.6 is 11.6 Å². The van der Waals surface area contributed by atoms with E-state index in [-0.39, 0.29) is 0 Å². The topological polar surface area (TPSA) is 0 Å². The summed E-state index contributed by atoms with van der Waals surface area (Å²) in [7, 11) is 1.05. The molecule has 17 heavy (non-hydrogen) atoms. The van der Waals surface area contributed by atoms with Crippen molar-refractivity contribution in [2.24, 2.45) is 0 Å². The number of aryl methyl sites for hydroxylation is 2. The Bertz CT molecular complexity index is 547. The molecule has 0 fully saturated rings. The highest BCUT2D eigenvalue weighted by Crippen LogP contribution is 2.25. The number of benzene rings is 2. The second kappa shape index (κ2) is 5.07. The Morgan fingerprint density at radius 1 is 1.06 bits per heavy atom. The highest BCUT2D eigenvalue weighted by Gasteiger charge is 2.07. The van der Waals surface area contributed by atoms with E-state index in [9.17, 15) is 0 Å². The second-order valence-electron chi connectivity index (χ2n) is 4.54. The minimum atomic E-state index is 0.582. The van der Waals surface area contributed by atoms with Crippen LogP contribution in [-0.4, -0.2) is 10.2 Å². The van der Waals surface area contributed by atoms with Gasteiger partial charge in [0.1, 0.15) is 0 Å². The molecule has 2 rings (SSSR count). The summed E-state index contributed by atoms with van der Waals surface area (Å²) in [6.45, 7) is 4.31. The summed E-state index contributed by atoms with van der Waals surface area (Å²) in [4.78, 5) is 0. The number of alkyl halides is 1. The molecular formula is C15H17ClSi. The van der Waals surface area contributed by atoms with Gasteiger partial charge in [0.2, 0.25) is 0 Å². The molecule has 0 saturated heterocycles. The maximum Gasteiger partial charge on any atom is 0.0480 e. The largest absolute Gasteiger partial charge is 0.122 e. The van der Waals surface area contributed by atoms with E-state index in [4.69, 9.17) is 11.6 Å². The van der Waals surface area contributed by atoms with E-state index in [2.05, 4.69) is 50.2 Å². The van der Waals surface area contributed by atoms with Gasteiger partial charge in [-0.1, -0.05) is 41.6 Å². The van der Waals surface area contributed by atoms with Gasteiger partial charge >= 0.3 is 0 Å². The quantitative estimate of drug-likeness (QED) is 0.575. The molecule has 0 saturated carbocycles. The van der Waals surface area contributed by atoms with Gasteiger partial charge < -0.3 is 0 Å². The van der Waals surface area contributed by atoms with Crippen molar-refractivity contribution in [1.82, 2.24) is 0 Å². The van der Waals surface area contributed by atoms with Crippen molar-refractivity contribution >= 4 is 27.0 Å². The first-order chi connectivity index (χ1) is 8.13. The standard InChI is InChI=1S/C15H17ClSi/c1-10-6-7-12(8-11(10)2)15-13(9-16)4-3-5-14(15)17/h3-8H,9H2,1-2,17H3. The third-order valence-corrected chi connectivity index (χ3v) is 4.42. The number of hydrogen-bond acceptors (Lipinski definition) is 0. The Kier molecular flexibility index (Phi) is 3.70. The van der Waals surface area contributed by atoms with Crippen LogP contribution in [-0.2, 0) is 5.88 Å². The van der Waals surface area contributed by atoms with E-state index in [1.54, 1.807) is 0 Å². The number of hydrogen-bond donors (Lipinski definition) is 0. The Morgan fingerprint density at radius 3 is 2.47 bits per heavy atom. The molecule has 0 aromatic heterocycles. The molecule has 0 aliphatic rings. The predicted octanol–water partition coefficient (Wildman–Crippen LogP) is 2.70.